The van der Waals surface area contributed by atoms with Crippen molar-refractivity contribution in [2.75, 3.05) is 6.54 Å². The predicted octanol–water partition coefficient (Wildman–Crippen LogP) is 0.935. The lowest BCUT2D eigenvalue weighted by atomic mass is 9.95. The molecule has 0 atom stereocenters. The molecule has 0 unspecified atom stereocenters. The quantitative estimate of drug-likeness (QED) is 0.600. The van der Waals surface area contributed by atoms with Crippen molar-refractivity contribution >= 4 is 21.6 Å². The maximum Gasteiger partial charge on any atom is 0.353 e. The van der Waals surface area contributed by atoms with E-state index in [-0.39, 0.29) is 22.2 Å². The van der Waals surface area contributed by atoms with E-state index >= 15 is 0 Å². The van der Waals surface area contributed by atoms with Crippen LogP contribution in [0.15, 0.2) is 38.9 Å². The van der Waals surface area contributed by atoms with Crippen molar-refractivity contribution in [1.29, 1.82) is 5.26 Å². The summed E-state index contributed by atoms with van der Waals surface area (Å²) in [6, 6.07) is 5.53. The minimum Gasteiger partial charge on any atom is -0.389 e. The molecule has 0 radical (unpaired) electrons. The second-order valence-electron chi connectivity index (χ2n) is 7.50. The molecular weight excluding hydrogens is 446 g/mol. The Kier molecular flexibility index (Phi) is 6.96. The van der Waals surface area contributed by atoms with E-state index in [0.717, 1.165) is 42.6 Å². The Bertz CT molecular complexity index is 1220. The molecule has 12 heteroatoms. The summed E-state index contributed by atoms with van der Waals surface area (Å²) in [5.74, 6) is 0. The molecule has 1 saturated carbocycles. The van der Waals surface area contributed by atoms with Gasteiger partial charge >= 0.3 is 5.69 Å². The molecular formula is C19H22ClN5O5S. The first kappa shape index (κ1) is 23.1. The number of halogens is 1. The van der Waals surface area contributed by atoms with E-state index in [0.29, 0.717) is 17.4 Å². The molecule has 2 aromatic rings. The van der Waals surface area contributed by atoms with Gasteiger partial charge in [0.1, 0.15) is 17.6 Å². The molecule has 166 valence electrons. The van der Waals surface area contributed by atoms with Crippen molar-refractivity contribution in [1.82, 2.24) is 19.1 Å². The van der Waals surface area contributed by atoms with Gasteiger partial charge in [-0.3, -0.25) is 4.79 Å². The van der Waals surface area contributed by atoms with Crippen LogP contribution in [0.4, 0.5) is 0 Å². The molecule has 10 nitrogen and oxygen atoms in total. The van der Waals surface area contributed by atoms with Gasteiger partial charge in [0.2, 0.25) is 10.0 Å². The molecule has 1 aromatic carbocycles. The van der Waals surface area contributed by atoms with E-state index in [2.05, 4.69) is 9.82 Å². The highest BCUT2D eigenvalue weighted by atomic mass is 35.5. The first-order valence-corrected chi connectivity index (χ1v) is 11.6. The molecule has 0 spiro atoms. The van der Waals surface area contributed by atoms with Gasteiger partial charge in [-0.15, -0.1) is 0 Å². The van der Waals surface area contributed by atoms with Gasteiger partial charge in [-0.05, 0) is 31.0 Å². The van der Waals surface area contributed by atoms with E-state index in [1.54, 1.807) is 6.07 Å². The third kappa shape index (κ3) is 5.22. The Morgan fingerprint density at radius 1 is 1.23 bits per heavy atom. The van der Waals surface area contributed by atoms with Crippen molar-refractivity contribution in [2.45, 2.75) is 55.6 Å². The number of benzene rings is 1. The summed E-state index contributed by atoms with van der Waals surface area (Å²) in [7, 11) is -4.12. The van der Waals surface area contributed by atoms with E-state index in [1.165, 1.54) is 12.1 Å². The minimum atomic E-state index is -4.12. The van der Waals surface area contributed by atoms with Crippen molar-refractivity contribution in [3.63, 3.8) is 0 Å². The SMILES string of the molecule is N#CCn1c(=O)cnn(-c2ccc(Cl)c(S(=O)(=O)NCC3(O)CCCCCC3)c2)c1=O. The van der Waals surface area contributed by atoms with Gasteiger partial charge in [-0.25, -0.2) is 22.5 Å². The van der Waals surface area contributed by atoms with Gasteiger partial charge in [-0.2, -0.15) is 15.0 Å². The maximum absolute atomic E-state index is 12.9. The molecule has 1 aliphatic carbocycles. The average Bonchev–Trinajstić information content (AvgIpc) is 2.95. The maximum atomic E-state index is 12.9. The fraction of sp³-hybridized carbons (Fsp3) is 0.474. The van der Waals surface area contributed by atoms with Crippen LogP contribution in [0.3, 0.4) is 0 Å². The predicted molar refractivity (Wildman–Crippen MR) is 113 cm³/mol. The number of aliphatic hydroxyl groups is 1. The normalized spacial score (nSPS) is 16.4. The van der Waals surface area contributed by atoms with Crippen LogP contribution in [-0.2, 0) is 16.6 Å². The number of aromatic nitrogens is 3. The van der Waals surface area contributed by atoms with E-state index in [1.807, 2.05) is 0 Å². The van der Waals surface area contributed by atoms with Crippen LogP contribution < -0.4 is 16.0 Å². The highest BCUT2D eigenvalue weighted by Crippen LogP contribution is 2.28. The third-order valence-electron chi connectivity index (χ3n) is 5.26. The molecule has 0 amide bonds. The Morgan fingerprint density at radius 3 is 2.55 bits per heavy atom. The van der Waals surface area contributed by atoms with Gasteiger partial charge in [0.05, 0.1) is 22.4 Å². The molecule has 1 aliphatic rings. The lowest BCUT2D eigenvalue weighted by Gasteiger charge is -2.26. The Labute approximate surface area is 183 Å². The smallest absolute Gasteiger partial charge is 0.353 e. The van der Waals surface area contributed by atoms with Crippen molar-refractivity contribution in [3.05, 3.63) is 50.3 Å². The molecule has 0 aliphatic heterocycles. The first-order chi connectivity index (χ1) is 14.7. The Hall–Kier alpha value is -2.52. The van der Waals surface area contributed by atoms with Gasteiger partial charge in [0, 0.05) is 6.54 Å². The highest BCUT2D eigenvalue weighted by molar-refractivity contribution is 7.89. The first-order valence-electron chi connectivity index (χ1n) is 9.75. The van der Waals surface area contributed by atoms with E-state index in [4.69, 9.17) is 16.9 Å². The van der Waals surface area contributed by atoms with Gasteiger partial charge < -0.3 is 5.11 Å². The van der Waals surface area contributed by atoms with Crippen LogP contribution in [0.1, 0.15) is 38.5 Å². The number of nitrogens with zero attached hydrogens (tertiary/aromatic N) is 4. The van der Waals surface area contributed by atoms with Crippen LogP contribution in [0.25, 0.3) is 5.69 Å². The third-order valence-corrected chi connectivity index (χ3v) is 7.15. The van der Waals surface area contributed by atoms with Crippen molar-refractivity contribution in [2.24, 2.45) is 0 Å². The largest absolute Gasteiger partial charge is 0.389 e. The topological polar surface area (TPSA) is 147 Å². The molecule has 1 aromatic heterocycles. The summed E-state index contributed by atoms with van der Waals surface area (Å²) < 4.78 is 29.7. The fourth-order valence-corrected chi connectivity index (χ4v) is 5.17. The summed E-state index contributed by atoms with van der Waals surface area (Å²) in [5, 5.41) is 23.2. The van der Waals surface area contributed by atoms with Gasteiger partial charge in [0.15, 0.2) is 0 Å². The average molecular weight is 468 g/mol. The fourth-order valence-electron chi connectivity index (χ4n) is 3.53. The molecule has 0 bridgehead atoms. The monoisotopic (exact) mass is 467 g/mol. The molecule has 2 N–H and O–H groups in total. The highest BCUT2D eigenvalue weighted by Gasteiger charge is 2.30. The molecule has 1 fully saturated rings. The summed E-state index contributed by atoms with van der Waals surface area (Å²) >= 11 is 6.11. The van der Waals surface area contributed by atoms with Gasteiger partial charge in [0.25, 0.3) is 5.56 Å². The lowest BCUT2D eigenvalue weighted by Crippen LogP contribution is -2.42. The van der Waals surface area contributed by atoms with Crippen LogP contribution in [0.5, 0.6) is 0 Å². The summed E-state index contributed by atoms with van der Waals surface area (Å²) in [6.07, 6.45) is 5.51. The number of nitrogens with one attached hydrogen (secondary N) is 1. The van der Waals surface area contributed by atoms with Crippen LogP contribution in [0, 0.1) is 11.3 Å². The zero-order chi connectivity index (χ0) is 22.6. The molecule has 1 heterocycles. The number of hydrogen-bond donors (Lipinski definition) is 2. The Morgan fingerprint density at radius 2 is 1.90 bits per heavy atom. The lowest BCUT2D eigenvalue weighted by molar-refractivity contribution is 0.0303. The van der Waals surface area contributed by atoms with Crippen LogP contribution in [0.2, 0.25) is 5.02 Å². The molecule has 3 rings (SSSR count). The van der Waals surface area contributed by atoms with E-state index in [9.17, 15) is 23.1 Å². The summed E-state index contributed by atoms with van der Waals surface area (Å²) in [5.41, 5.74) is -2.71. The summed E-state index contributed by atoms with van der Waals surface area (Å²) in [4.78, 5) is 24.0. The zero-order valence-electron chi connectivity index (χ0n) is 16.6. The second kappa shape index (κ2) is 9.32. The van der Waals surface area contributed by atoms with Crippen molar-refractivity contribution < 1.29 is 13.5 Å². The molecule has 0 saturated heterocycles. The van der Waals surface area contributed by atoms with E-state index < -0.39 is 33.4 Å². The van der Waals surface area contributed by atoms with Gasteiger partial charge in [-0.1, -0.05) is 37.3 Å². The standard InChI is InChI=1S/C19H22ClN5O5S/c20-15-6-5-14(25-18(27)24(10-9-21)17(26)12-22-25)11-16(15)31(29,30)23-13-19(28)7-3-1-2-4-8-19/h5-6,11-12,23,28H,1-4,7-8,10,13H2. The summed E-state index contributed by atoms with van der Waals surface area (Å²) in [6.45, 7) is -0.625. The van der Waals surface area contributed by atoms with Crippen LogP contribution >= 0.6 is 11.6 Å². The minimum absolute atomic E-state index is 0.0506. The zero-order valence-corrected chi connectivity index (χ0v) is 18.2. The number of nitriles is 1. The number of sulfonamides is 1. The second-order valence-corrected chi connectivity index (χ2v) is 9.64. The molecule has 31 heavy (non-hydrogen) atoms. The number of rotatable bonds is 6. The Balaban J connectivity index is 1.94. The van der Waals surface area contributed by atoms with Crippen molar-refractivity contribution in [3.8, 4) is 11.8 Å². The van der Waals surface area contributed by atoms with Crippen LogP contribution in [-0.4, -0.2) is 40.0 Å². The number of hydrogen-bond acceptors (Lipinski definition) is 7.